The molecule has 104 valence electrons. The van der Waals surface area contributed by atoms with E-state index >= 15 is 0 Å². The van der Waals surface area contributed by atoms with E-state index in [-0.39, 0.29) is 0 Å². The van der Waals surface area contributed by atoms with Gasteiger partial charge in [-0.3, -0.25) is 0 Å². The number of benzene rings is 1. The average molecular weight is 268 g/mol. The first-order valence-electron chi connectivity index (χ1n) is 7.14. The molecule has 20 heavy (non-hydrogen) atoms. The van der Waals surface area contributed by atoms with Gasteiger partial charge in [0.1, 0.15) is 12.0 Å². The van der Waals surface area contributed by atoms with Crippen LogP contribution >= 0.6 is 0 Å². The molecule has 0 bridgehead atoms. The predicted molar refractivity (Wildman–Crippen MR) is 80.5 cm³/mol. The molecule has 0 atom stereocenters. The molecule has 0 amide bonds. The van der Waals surface area contributed by atoms with E-state index < -0.39 is 0 Å². The molecule has 1 fully saturated rings. The Hall–Kier alpha value is -1.97. The Morgan fingerprint density at radius 3 is 2.70 bits per heavy atom. The zero-order valence-electron chi connectivity index (χ0n) is 12.1. The summed E-state index contributed by atoms with van der Waals surface area (Å²) in [6, 6.07) is 10.2. The number of aromatic nitrogens is 3. The Labute approximate surface area is 119 Å². The maximum atomic E-state index is 4.46. The Bertz CT molecular complexity index is 580. The normalized spacial score (nSPS) is 18.0. The fourth-order valence-corrected chi connectivity index (χ4v) is 2.89. The molecule has 2 aromatic rings. The minimum absolute atomic E-state index is 0.323. The van der Waals surface area contributed by atoms with E-state index in [1.807, 2.05) is 18.2 Å². The fourth-order valence-electron chi connectivity index (χ4n) is 2.89. The third-order valence-electron chi connectivity index (χ3n) is 3.85. The maximum Gasteiger partial charge on any atom is 0.177 e. The summed E-state index contributed by atoms with van der Waals surface area (Å²) in [7, 11) is 0. The minimum atomic E-state index is 0.323. The first-order chi connectivity index (χ1) is 9.66. The second-order valence-electron chi connectivity index (χ2n) is 6.19. The molecule has 0 spiro atoms. The van der Waals surface area contributed by atoms with Crippen LogP contribution in [0.2, 0.25) is 0 Å². The molecule has 1 aliphatic heterocycles. The third-order valence-corrected chi connectivity index (χ3v) is 3.85. The quantitative estimate of drug-likeness (QED) is 0.839. The van der Waals surface area contributed by atoms with Crippen molar-refractivity contribution in [3.63, 3.8) is 0 Å². The summed E-state index contributed by atoms with van der Waals surface area (Å²) >= 11 is 0. The van der Waals surface area contributed by atoms with Crippen LogP contribution in [0.5, 0.6) is 0 Å². The molecule has 4 nitrogen and oxygen atoms in total. The zero-order valence-corrected chi connectivity index (χ0v) is 12.1. The summed E-state index contributed by atoms with van der Waals surface area (Å²) < 4.78 is 0. The van der Waals surface area contributed by atoms with E-state index in [1.54, 1.807) is 0 Å². The standard InChI is InChI=1S/C16H20N4/c1-16(2)9-6-10-20(11-16)15-14(17-12-18-19-15)13-7-4-3-5-8-13/h3-5,7-8,12H,6,9-11H2,1-2H3. The highest BCUT2D eigenvalue weighted by Crippen LogP contribution is 2.34. The highest BCUT2D eigenvalue weighted by molar-refractivity contribution is 5.71. The molecule has 1 aromatic carbocycles. The Morgan fingerprint density at radius 2 is 1.95 bits per heavy atom. The lowest BCUT2D eigenvalue weighted by atomic mass is 9.84. The summed E-state index contributed by atoms with van der Waals surface area (Å²) in [4.78, 5) is 6.78. The first-order valence-corrected chi connectivity index (χ1v) is 7.14. The van der Waals surface area contributed by atoms with Crippen LogP contribution in [0, 0.1) is 5.41 Å². The Kier molecular flexibility index (Phi) is 3.38. The summed E-state index contributed by atoms with van der Waals surface area (Å²) in [6.45, 7) is 6.66. The van der Waals surface area contributed by atoms with Crippen molar-refractivity contribution in [3.8, 4) is 11.3 Å². The lowest BCUT2D eigenvalue weighted by molar-refractivity contribution is 0.292. The van der Waals surface area contributed by atoms with Crippen LogP contribution in [0.3, 0.4) is 0 Å². The molecular weight excluding hydrogens is 248 g/mol. The van der Waals surface area contributed by atoms with Gasteiger partial charge in [-0.25, -0.2) is 4.98 Å². The SMILES string of the molecule is CC1(C)CCCN(c2nncnc2-c2ccccc2)C1. The van der Waals surface area contributed by atoms with Gasteiger partial charge in [0.05, 0.1) is 0 Å². The van der Waals surface area contributed by atoms with E-state index in [0.29, 0.717) is 5.41 Å². The van der Waals surface area contributed by atoms with Gasteiger partial charge in [0.15, 0.2) is 5.82 Å². The number of rotatable bonds is 2. The van der Waals surface area contributed by atoms with Crippen molar-refractivity contribution in [2.75, 3.05) is 18.0 Å². The number of hydrogen-bond acceptors (Lipinski definition) is 4. The van der Waals surface area contributed by atoms with E-state index in [4.69, 9.17) is 0 Å². The van der Waals surface area contributed by atoms with Crippen LogP contribution in [0.25, 0.3) is 11.3 Å². The van der Waals surface area contributed by atoms with E-state index in [2.05, 4.69) is 46.1 Å². The van der Waals surface area contributed by atoms with Crippen molar-refractivity contribution in [2.24, 2.45) is 5.41 Å². The van der Waals surface area contributed by atoms with Gasteiger partial charge in [-0.1, -0.05) is 44.2 Å². The van der Waals surface area contributed by atoms with Crippen LogP contribution in [0.15, 0.2) is 36.7 Å². The fraction of sp³-hybridized carbons (Fsp3) is 0.438. The lowest BCUT2D eigenvalue weighted by Gasteiger charge is -2.38. The summed E-state index contributed by atoms with van der Waals surface area (Å²) in [6.07, 6.45) is 3.98. The monoisotopic (exact) mass is 268 g/mol. The number of piperidine rings is 1. The molecule has 0 unspecified atom stereocenters. The van der Waals surface area contributed by atoms with Gasteiger partial charge < -0.3 is 4.90 Å². The van der Waals surface area contributed by atoms with Crippen molar-refractivity contribution in [1.29, 1.82) is 0 Å². The van der Waals surface area contributed by atoms with Gasteiger partial charge in [-0.2, -0.15) is 0 Å². The lowest BCUT2D eigenvalue weighted by Crippen LogP contribution is -2.41. The van der Waals surface area contributed by atoms with Crippen LogP contribution in [-0.2, 0) is 0 Å². The predicted octanol–water partition coefficient (Wildman–Crippen LogP) is 3.17. The first kappa shape index (κ1) is 13.0. The third kappa shape index (κ3) is 2.64. The molecule has 1 aromatic heterocycles. The van der Waals surface area contributed by atoms with Crippen molar-refractivity contribution >= 4 is 5.82 Å². The molecule has 1 aliphatic rings. The van der Waals surface area contributed by atoms with Crippen molar-refractivity contribution in [2.45, 2.75) is 26.7 Å². The molecule has 4 heteroatoms. The van der Waals surface area contributed by atoms with Gasteiger partial charge >= 0.3 is 0 Å². The molecule has 3 rings (SSSR count). The Morgan fingerprint density at radius 1 is 1.15 bits per heavy atom. The molecule has 2 heterocycles. The van der Waals surface area contributed by atoms with Crippen molar-refractivity contribution in [1.82, 2.24) is 15.2 Å². The number of anilines is 1. The van der Waals surface area contributed by atoms with Gasteiger partial charge in [-0.05, 0) is 18.3 Å². The van der Waals surface area contributed by atoms with Gasteiger partial charge in [0, 0.05) is 18.7 Å². The molecule has 0 N–H and O–H groups in total. The summed E-state index contributed by atoms with van der Waals surface area (Å²) in [5, 5.41) is 8.35. The summed E-state index contributed by atoms with van der Waals surface area (Å²) in [5.41, 5.74) is 2.35. The van der Waals surface area contributed by atoms with Crippen LogP contribution in [-0.4, -0.2) is 28.3 Å². The summed E-state index contributed by atoms with van der Waals surface area (Å²) in [5.74, 6) is 0.909. The van der Waals surface area contributed by atoms with Crippen LogP contribution < -0.4 is 4.90 Å². The maximum absolute atomic E-state index is 4.46. The number of hydrogen-bond donors (Lipinski definition) is 0. The van der Waals surface area contributed by atoms with Gasteiger partial charge in [0.25, 0.3) is 0 Å². The second kappa shape index (κ2) is 5.19. The molecule has 1 saturated heterocycles. The zero-order chi connectivity index (χ0) is 14.0. The van der Waals surface area contributed by atoms with Crippen molar-refractivity contribution in [3.05, 3.63) is 36.7 Å². The molecule has 0 radical (unpaired) electrons. The average Bonchev–Trinajstić information content (AvgIpc) is 2.47. The highest BCUT2D eigenvalue weighted by atomic mass is 15.3. The van der Waals surface area contributed by atoms with E-state index in [1.165, 1.54) is 19.2 Å². The van der Waals surface area contributed by atoms with Crippen LogP contribution in [0.1, 0.15) is 26.7 Å². The topological polar surface area (TPSA) is 41.9 Å². The largest absolute Gasteiger partial charge is 0.353 e. The highest BCUT2D eigenvalue weighted by Gasteiger charge is 2.28. The van der Waals surface area contributed by atoms with Crippen molar-refractivity contribution < 1.29 is 0 Å². The minimum Gasteiger partial charge on any atom is -0.353 e. The van der Waals surface area contributed by atoms with Gasteiger partial charge in [0.2, 0.25) is 0 Å². The molecule has 0 saturated carbocycles. The van der Waals surface area contributed by atoms with Gasteiger partial charge in [-0.15, -0.1) is 10.2 Å². The smallest absolute Gasteiger partial charge is 0.177 e. The van der Waals surface area contributed by atoms with Crippen LogP contribution in [0.4, 0.5) is 5.82 Å². The Balaban J connectivity index is 1.98. The second-order valence-corrected chi connectivity index (χ2v) is 6.19. The number of nitrogens with zero attached hydrogens (tertiary/aromatic N) is 4. The van der Waals surface area contributed by atoms with E-state index in [9.17, 15) is 0 Å². The molecule has 0 aliphatic carbocycles. The molecular formula is C16H20N4. The van der Waals surface area contributed by atoms with E-state index in [0.717, 1.165) is 30.2 Å².